The molecular weight excluding hydrogens is 333 g/mol. The van der Waals surface area contributed by atoms with E-state index in [4.69, 9.17) is 0 Å². The van der Waals surface area contributed by atoms with Crippen LogP contribution in [0.15, 0.2) is 18.2 Å². The molecule has 1 fully saturated rings. The van der Waals surface area contributed by atoms with E-state index in [9.17, 15) is 14.0 Å². The third-order valence-corrected chi connectivity index (χ3v) is 5.27. The topological polar surface area (TPSA) is 61.4 Å². The Hall–Kier alpha value is -1.95. The Balaban J connectivity index is 1.50. The second-order valence-electron chi connectivity index (χ2n) is 7.89. The van der Waals surface area contributed by atoms with Crippen LogP contribution < -0.4 is 10.6 Å². The zero-order chi connectivity index (χ0) is 18.7. The van der Waals surface area contributed by atoms with Gasteiger partial charge in [0.1, 0.15) is 5.82 Å². The van der Waals surface area contributed by atoms with E-state index in [1.807, 2.05) is 0 Å². The predicted molar refractivity (Wildman–Crippen MR) is 99.4 cm³/mol. The second kappa shape index (κ2) is 8.16. The molecule has 0 aliphatic carbocycles. The van der Waals surface area contributed by atoms with Gasteiger partial charge in [-0.3, -0.25) is 9.59 Å². The monoisotopic (exact) mass is 361 g/mol. The minimum absolute atomic E-state index is 0.103. The minimum Gasteiger partial charge on any atom is -0.356 e. The van der Waals surface area contributed by atoms with Crippen molar-refractivity contribution in [3.8, 4) is 0 Å². The molecule has 1 aromatic rings. The second-order valence-corrected chi connectivity index (χ2v) is 7.89. The number of nitrogens with zero attached hydrogens (tertiary/aromatic N) is 1. The van der Waals surface area contributed by atoms with Gasteiger partial charge in [0.25, 0.3) is 0 Å². The molecule has 2 heterocycles. The fraction of sp³-hybridized carbons (Fsp3) is 0.600. The van der Waals surface area contributed by atoms with Crippen molar-refractivity contribution in [3.63, 3.8) is 0 Å². The molecule has 5 nitrogen and oxygen atoms in total. The Morgan fingerprint density at radius 2 is 2.04 bits per heavy atom. The van der Waals surface area contributed by atoms with Crippen molar-refractivity contribution >= 4 is 17.5 Å². The molecule has 0 radical (unpaired) electrons. The molecular formula is C20H28FN3O2. The number of carbonyl (C=O) groups is 2. The number of rotatable bonds is 5. The van der Waals surface area contributed by atoms with Crippen molar-refractivity contribution < 1.29 is 14.0 Å². The number of likely N-dealkylation sites (tertiary alicyclic amines) is 1. The summed E-state index contributed by atoms with van der Waals surface area (Å²) in [6, 6.07) is 4.19. The van der Waals surface area contributed by atoms with Crippen molar-refractivity contribution in [2.75, 3.05) is 31.5 Å². The summed E-state index contributed by atoms with van der Waals surface area (Å²) in [7, 11) is 0. The smallest absolute Gasteiger partial charge is 0.228 e. The summed E-state index contributed by atoms with van der Waals surface area (Å²) in [4.78, 5) is 26.8. The van der Waals surface area contributed by atoms with Crippen LogP contribution in [-0.2, 0) is 9.59 Å². The molecule has 2 aliphatic heterocycles. The first-order valence-corrected chi connectivity index (χ1v) is 9.51. The van der Waals surface area contributed by atoms with Gasteiger partial charge in [-0.1, -0.05) is 19.9 Å². The molecule has 2 amide bonds. The lowest BCUT2D eigenvalue weighted by molar-refractivity contribution is -0.126. The third kappa shape index (κ3) is 4.61. The molecule has 1 saturated heterocycles. The van der Waals surface area contributed by atoms with E-state index in [1.165, 1.54) is 18.6 Å². The number of amides is 2. The van der Waals surface area contributed by atoms with E-state index in [0.717, 1.165) is 37.9 Å². The van der Waals surface area contributed by atoms with Gasteiger partial charge >= 0.3 is 0 Å². The zero-order valence-corrected chi connectivity index (χ0v) is 15.6. The first kappa shape index (κ1) is 18.8. The maximum absolute atomic E-state index is 13.4. The summed E-state index contributed by atoms with van der Waals surface area (Å²) in [6.45, 7) is 8.40. The molecule has 3 rings (SSSR count). The lowest BCUT2D eigenvalue weighted by Gasteiger charge is -2.35. The number of carbonyl (C=O) groups excluding carboxylic acids is 2. The van der Waals surface area contributed by atoms with Crippen molar-refractivity contribution in [1.82, 2.24) is 10.2 Å². The predicted octanol–water partition coefficient (Wildman–Crippen LogP) is 2.74. The Labute approximate surface area is 154 Å². The maximum Gasteiger partial charge on any atom is 0.228 e. The third-order valence-electron chi connectivity index (χ3n) is 5.27. The summed E-state index contributed by atoms with van der Waals surface area (Å²) in [5.41, 5.74) is 1.08. The van der Waals surface area contributed by atoms with Crippen LogP contribution in [0.5, 0.6) is 0 Å². The highest BCUT2D eigenvalue weighted by Gasteiger charge is 2.30. The molecule has 0 spiro atoms. The average molecular weight is 361 g/mol. The van der Waals surface area contributed by atoms with Gasteiger partial charge in [0, 0.05) is 31.7 Å². The number of halogens is 1. The van der Waals surface area contributed by atoms with E-state index in [2.05, 4.69) is 29.4 Å². The van der Waals surface area contributed by atoms with E-state index < -0.39 is 11.7 Å². The van der Waals surface area contributed by atoms with Gasteiger partial charge in [0.2, 0.25) is 11.8 Å². The number of benzene rings is 1. The maximum atomic E-state index is 13.4. The minimum atomic E-state index is -0.547. The highest BCUT2D eigenvalue weighted by Crippen LogP contribution is 2.32. The molecule has 3 atom stereocenters. The van der Waals surface area contributed by atoms with Gasteiger partial charge in [-0.2, -0.15) is 0 Å². The first-order chi connectivity index (χ1) is 12.4. The standard InChI is InChI=1S/C20H28FN3O2/c1-13-8-14(2)12-24(11-13)7-3-6-22-20(26)17-10-19(25)23-18-9-15(21)4-5-16(17)18/h4-5,9,13-14,17H,3,6-8,10-12H2,1-2H3,(H,22,26)(H,23,25). The fourth-order valence-electron chi connectivity index (χ4n) is 4.28. The molecule has 2 N–H and O–H groups in total. The molecule has 0 bridgehead atoms. The van der Waals surface area contributed by atoms with Crippen molar-refractivity contribution in [1.29, 1.82) is 0 Å². The molecule has 2 aliphatic rings. The van der Waals surface area contributed by atoms with Crippen molar-refractivity contribution in [3.05, 3.63) is 29.6 Å². The van der Waals surface area contributed by atoms with Crippen LogP contribution in [0.4, 0.5) is 10.1 Å². The van der Waals surface area contributed by atoms with E-state index >= 15 is 0 Å². The summed E-state index contributed by atoms with van der Waals surface area (Å²) in [5, 5.41) is 5.59. The lowest BCUT2D eigenvalue weighted by Crippen LogP contribution is -2.40. The molecule has 1 aromatic carbocycles. The molecule has 142 valence electrons. The van der Waals surface area contributed by atoms with Gasteiger partial charge < -0.3 is 15.5 Å². The van der Waals surface area contributed by atoms with Gasteiger partial charge in [0.05, 0.1) is 5.92 Å². The van der Waals surface area contributed by atoms with Gasteiger partial charge in [-0.15, -0.1) is 0 Å². The number of hydrogen-bond acceptors (Lipinski definition) is 3. The van der Waals surface area contributed by atoms with Gasteiger partial charge in [-0.25, -0.2) is 4.39 Å². The van der Waals surface area contributed by atoms with Gasteiger partial charge in [0.15, 0.2) is 0 Å². The lowest BCUT2D eigenvalue weighted by atomic mass is 9.89. The van der Waals surface area contributed by atoms with Crippen LogP contribution in [0, 0.1) is 17.7 Å². The molecule has 26 heavy (non-hydrogen) atoms. The van der Waals surface area contributed by atoms with Crippen molar-refractivity contribution in [2.24, 2.45) is 11.8 Å². The van der Waals surface area contributed by atoms with Gasteiger partial charge in [-0.05, 0) is 48.9 Å². The molecule has 0 aromatic heterocycles. The number of nitrogens with one attached hydrogen (secondary N) is 2. The Bertz CT molecular complexity index is 669. The van der Waals surface area contributed by atoms with E-state index in [-0.39, 0.29) is 18.2 Å². The largest absolute Gasteiger partial charge is 0.356 e. The highest BCUT2D eigenvalue weighted by molar-refractivity contribution is 6.01. The van der Waals surface area contributed by atoms with Crippen LogP contribution in [0.2, 0.25) is 0 Å². The summed E-state index contributed by atoms with van der Waals surface area (Å²) < 4.78 is 13.4. The Morgan fingerprint density at radius 1 is 1.31 bits per heavy atom. The quantitative estimate of drug-likeness (QED) is 0.793. The Kier molecular flexibility index (Phi) is 5.91. The van der Waals surface area contributed by atoms with E-state index in [1.54, 1.807) is 6.07 Å². The Morgan fingerprint density at radius 3 is 2.77 bits per heavy atom. The van der Waals surface area contributed by atoms with Crippen LogP contribution in [0.3, 0.4) is 0 Å². The van der Waals surface area contributed by atoms with Crippen LogP contribution in [0.1, 0.15) is 44.6 Å². The molecule has 0 saturated carbocycles. The van der Waals surface area contributed by atoms with Crippen LogP contribution in [-0.4, -0.2) is 42.9 Å². The zero-order valence-electron chi connectivity index (χ0n) is 15.6. The summed E-state index contributed by atoms with van der Waals surface area (Å²) >= 11 is 0. The number of hydrogen-bond donors (Lipinski definition) is 2. The first-order valence-electron chi connectivity index (χ1n) is 9.51. The fourth-order valence-corrected chi connectivity index (χ4v) is 4.28. The SMILES string of the molecule is CC1CC(C)CN(CCCNC(=O)C2CC(=O)Nc3cc(F)ccc32)C1. The number of fused-ring (bicyclic) bond motifs is 1. The van der Waals surface area contributed by atoms with E-state index in [0.29, 0.717) is 17.8 Å². The molecule has 3 unspecified atom stereocenters. The summed E-state index contributed by atoms with van der Waals surface area (Å²) in [5.74, 6) is 0.0779. The summed E-state index contributed by atoms with van der Waals surface area (Å²) in [6.07, 6.45) is 2.28. The number of anilines is 1. The number of piperidine rings is 1. The van der Waals surface area contributed by atoms with Crippen LogP contribution >= 0.6 is 0 Å². The van der Waals surface area contributed by atoms with Crippen LogP contribution in [0.25, 0.3) is 0 Å². The normalized spacial score (nSPS) is 26.1. The highest BCUT2D eigenvalue weighted by atomic mass is 19.1. The van der Waals surface area contributed by atoms with Crippen molar-refractivity contribution in [2.45, 2.75) is 39.0 Å². The molecule has 6 heteroatoms. The average Bonchev–Trinajstić information content (AvgIpc) is 2.56.